The lowest BCUT2D eigenvalue weighted by Gasteiger charge is -2.36. The fourth-order valence-corrected chi connectivity index (χ4v) is 4.54. The molecular weight excluding hydrogens is 362 g/mol. The van der Waals surface area contributed by atoms with Gasteiger partial charge in [-0.05, 0) is 37.2 Å². The molecule has 1 unspecified atom stereocenters. The van der Waals surface area contributed by atoms with E-state index in [9.17, 15) is 14.4 Å². The molecule has 3 rings (SSSR count). The lowest BCUT2D eigenvalue weighted by atomic mass is 9.73. The Balaban J connectivity index is 1.64. The van der Waals surface area contributed by atoms with Gasteiger partial charge in [-0.3, -0.25) is 14.8 Å². The van der Waals surface area contributed by atoms with E-state index in [0.29, 0.717) is 38.3 Å². The number of nitrogens with one attached hydrogen (secondary N) is 2. The molecule has 2 aliphatic rings. The van der Waals surface area contributed by atoms with Crippen LogP contribution in [-0.2, 0) is 9.59 Å². The van der Waals surface area contributed by atoms with Crippen LogP contribution < -0.4 is 10.8 Å². The fraction of sp³-hybridized carbons (Fsp3) is 0.550. The molecule has 0 bridgehead atoms. The summed E-state index contributed by atoms with van der Waals surface area (Å²) in [6.45, 7) is 1.54. The number of hydrogen-bond acceptors (Lipinski definition) is 4. The average molecular weight is 389 g/mol. The van der Waals surface area contributed by atoms with Gasteiger partial charge >= 0.3 is 6.09 Å². The minimum atomic E-state index is -1.11. The largest absolute Gasteiger partial charge is 0.465 e. The maximum atomic E-state index is 13.1. The second-order valence-corrected chi connectivity index (χ2v) is 7.73. The van der Waals surface area contributed by atoms with Crippen molar-refractivity contribution in [3.63, 3.8) is 0 Å². The number of nitrogens with zero attached hydrogens (tertiary/aromatic N) is 1. The molecule has 1 aromatic carbocycles. The Labute approximate surface area is 163 Å². The maximum Gasteiger partial charge on any atom is 0.404 e. The van der Waals surface area contributed by atoms with Crippen LogP contribution in [-0.4, -0.2) is 52.8 Å². The summed E-state index contributed by atoms with van der Waals surface area (Å²) in [7, 11) is 0. The third kappa shape index (κ3) is 4.62. The molecule has 28 heavy (non-hydrogen) atoms. The van der Waals surface area contributed by atoms with Crippen LogP contribution in [0.25, 0.3) is 0 Å². The van der Waals surface area contributed by atoms with Crippen molar-refractivity contribution in [2.75, 3.05) is 19.6 Å². The number of carbonyl (C=O) groups is 3. The minimum Gasteiger partial charge on any atom is -0.465 e. The number of carboxylic acid groups (broad SMARTS) is 1. The monoisotopic (exact) mass is 389 g/mol. The molecule has 1 saturated heterocycles. The number of rotatable bonds is 5. The number of likely N-dealkylation sites (tertiary alicyclic amines) is 1. The Bertz CT molecular complexity index is 711. The molecule has 2 fully saturated rings. The molecule has 4 N–H and O–H groups in total. The molecule has 4 atom stereocenters. The first-order valence-electron chi connectivity index (χ1n) is 9.74. The van der Waals surface area contributed by atoms with Crippen molar-refractivity contribution in [2.45, 2.75) is 31.6 Å². The van der Waals surface area contributed by atoms with Crippen molar-refractivity contribution < 1.29 is 24.7 Å². The Morgan fingerprint density at radius 2 is 1.82 bits per heavy atom. The first-order valence-corrected chi connectivity index (χ1v) is 9.74. The highest BCUT2D eigenvalue weighted by Gasteiger charge is 2.42. The van der Waals surface area contributed by atoms with Crippen molar-refractivity contribution in [1.82, 2.24) is 15.7 Å². The van der Waals surface area contributed by atoms with Gasteiger partial charge in [0.25, 0.3) is 0 Å². The molecule has 0 radical (unpaired) electrons. The molecule has 0 spiro atoms. The zero-order valence-corrected chi connectivity index (χ0v) is 15.7. The van der Waals surface area contributed by atoms with Gasteiger partial charge < -0.3 is 15.3 Å². The number of benzene rings is 1. The summed E-state index contributed by atoms with van der Waals surface area (Å²) in [5.74, 6) is -1.48. The van der Waals surface area contributed by atoms with Gasteiger partial charge in [-0.25, -0.2) is 10.3 Å². The topological polar surface area (TPSA) is 119 Å². The van der Waals surface area contributed by atoms with E-state index in [-0.39, 0.29) is 18.4 Å². The molecule has 8 nitrogen and oxygen atoms in total. The zero-order valence-electron chi connectivity index (χ0n) is 15.7. The highest BCUT2D eigenvalue weighted by atomic mass is 16.5. The Morgan fingerprint density at radius 1 is 1.07 bits per heavy atom. The first kappa shape index (κ1) is 20.1. The second-order valence-electron chi connectivity index (χ2n) is 7.73. The summed E-state index contributed by atoms with van der Waals surface area (Å²) in [6, 6.07) is 10.1. The number of hydrogen-bond donors (Lipinski definition) is 4. The van der Waals surface area contributed by atoms with Crippen LogP contribution in [0.4, 0.5) is 4.79 Å². The maximum absolute atomic E-state index is 13.1. The van der Waals surface area contributed by atoms with Gasteiger partial charge in [0, 0.05) is 31.5 Å². The zero-order chi connectivity index (χ0) is 20.1. The van der Waals surface area contributed by atoms with Crippen LogP contribution in [0.5, 0.6) is 0 Å². The van der Waals surface area contributed by atoms with E-state index in [1.807, 2.05) is 23.1 Å². The molecular formula is C20H27N3O5. The minimum absolute atomic E-state index is 0.0295. The Kier molecular flexibility index (Phi) is 6.51. The lowest BCUT2D eigenvalue weighted by molar-refractivity contribution is -0.147. The highest BCUT2D eigenvalue weighted by molar-refractivity contribution is 5.87. The van der Waals surface area contributed by atoms with Crippen molar-refractivity contribution >= 4 is 17.9 Å². The molecule has 3 amide bonds. The molecule has 1 heterocycles. The van der Waals surface area contributed by atoms with Gasteiger partial charge in [-0.1, -0.05) is 30.3 Å². The van der Waals surface area contributed by atoms with E-state index in [1.54, 1.807) is 5.48 Å². The van der Waals surface area contributed by atoms with E-state index >= 15 is 0 Å². The molecule has 1 aliphatic heterocycles. The van der Waals surface area contributed by atoms with Crippen molar-refractivity contribution in [3.05, 3.63) is 35.9 Å². The van der Waals surface area contributed by atoms with E-state index in [4.69, 9.17) is 10.3 Å². The predicted octanol–water partition coefficient (Wildman–Crippen LogP) is 1.81. The summed E-state index contributed by atoms with van der Waals surface area (Å²) in [5, 5.41) is 20.2. The average Bonchev–Trinajstić information content (AvgIpc) is 3.22. The van der Waals surface area contributed by atoms with Gasteiger partial charge in [0.15, 0.2) is 0 Å². The molecule has 1 saturated carbocycles. The smallest absolute Gasteiger partial charge is 0.404 e. The van der Waals surface area contributed by atoms with Crippen LogP contribution in [0.1, 0.15) is 37.2 Å². The van der Waals surface area contributed by atoms with E-state index in [2.05, 4.69) is 17.4 Å². The quantitative estimate of drug-likeness (QED) is 0.452. The van der Waals surface area contributed by atoms with E-state index in [0.717, 1.165) is 6.42 Å². The molecule has 1 aliphatic carbocycles. The molecule has 152 valence electrons. The van der Waals surface area contributed by atoms with Crippen molar-refractivity contribution in [2.24, 2.45) is 17.8 Å². The van der Waals surface area contributed by atoms with E-state index < -0.39 is 23.8 Å². The summed E-state index contributed by atoms with van der Waals surface area (Å²) < 4.78 is 0. The van der Waals surface area contributed by atoms with Gasteiger partial charge in [0.2, 0.25) is 11.8 Å². The Hall–Kier alpha value is -2.61. The first-order chi connectivity index (χ1) is 13.5. The Morgan fingerprint density at radius 3 is 2.50 bits per heavy atom. The van der Waals surface area contributed by atoms with Gasteiger partial charge in [-0.2, -0.15) is 0 Å². The van der Waals surface area contributed by atoms with Crippen LogP contribution in [0, 0.1) is 17.8 Å². The van der Waals surface area contributed by atoms with Gasteiger partial charge in [0.1, 0.15) is 0 Å². The normalized spacial score (nSPS) is 27.2. The van der Waals surface area contributed by atoms with Crippen LogP contribution in [0.2, 0.25) is 0 Å². The molecule has 0 aromatic heterocycles. The standard InChI is InChI=1S/C20H27N3O5/c24-18(22-28)17-10-13(11-21-20(26)27)6-7-16(17)19(25)23-9-8-15(12-23)14-4-2-1-3-5-14/h1-5,13,15-17,21,28H,6-12H2,(H,22,24)(H,26,27)/t13?,15-,16-,17-/m0/s1. The third-order valence-electron chi connectivity index (χ3n) is 6.04. The van der Waals surface area contributed by atoms with E-state index in [1.165, 1.54) is 5.56 Å². The lowest BCUT2D eigenvalue weighted by Crippen LogP contribution is -2.46. The van der Waals surface area contributed by atoms with Crippen LogP contribution in [0.3, 0.4) is 0 Å². The highest BCUT2D eigenvalue weighted by Crippen LogP contribution is 2.37. The number of carbonyl (C=O) groups excluding carboxylic acids is 2. The van der Waals surface area contributed by atoms with Crippen molar-refractivity contribution in [1.29, 1.82) is 0 Å². The molecule has 1 aromatic rings. The summed E-state index contributed by atoms with van der Waals surface area (Å²) in [5.41, 5.74) is 2.90. The third-order valence-corrected chi connectivity index (χ3v) is 6.04. The number of hydroxylamine groups is 1. The summed E-state index contributed by atoms with van der Waals surface area (Å²) in [6.07, 6.45) is 1.34. The summed E-state index contributed by atoms with van der Waals surface area (Å²) in [4.78, 5) is 37.9. The molecule has 8 heteroatoms. The summed E-state index contributed by atoms with van der Waals surface area (Å²) >= 11 is 0. The number of amides is 3. The predicted molar refractivity (Wildman–Crippen MR) is 101 cm³/mol. The van der Waals surface area contributed by atoms with Crippen LogP contribution >= 0.6 is 0 Å². The van der Waals surface area contributed by atoms with Crippen LogP contribution in [0.15, 0.2) is 30.3 Å². The fourth-order valence-electron chi connectivity index (χ4n) is 4.54. The van der Waals surface area contributed by atoms with Gasteiger partial charge in [-0.15, -0.1) is 0 Å². The SMILES string of the molecule is O=C(O)NCC1CC[C@H](C(=O)N2CC[C@H](c3ccccc3)C2)[C@@H](C(=O)NO)C1. The second kappa shape index (κ2) is 9.05. The van der Waals surface area contributed by atoms with Crippen molar-refractivity contribution in [3.8, 4) is 0 Å². The van der Waals surface area contributed by atoms with Gasteiger partial charge in [0.05, 0.1) is 5.92 Å².